The zero-order valence-electron chi connectivity index (χ0n) is 10.1. The third-order valence-electron chi connectivity index (χ3n) is 2.83. The van der Waals surface area contributed by atoms with Crippen LogP contribution in [0.1, 0.15) is 26.7 Å². The van der Waals surface area contributed by atoms with Gasteiger partial charge in [0, 0.05) is 26.2 Å². The summed E-state index contributed by atoms with van der Waals surface area (Å²) >= 11 is 0. The highest BCUT2D eigenvalue weighted by molar-refractivity contribution is 5.09. The van der Waals surface area contributed by atoms with Gasteiger partial charge in [-0.2, -0.15) is 0 Å². The van der Waals surface area contributed by atoms with E-state index in [1.807, 2.05) is 0 Å². The first-order chi connectivity index (χ1) is 7.33. The number of hydrogen-bond donors (Lipinski definition) is 1. The van der Waals surface area contributed by atoms with Crippen molar-refractivity contribution < 1.29 is 0 Å². The molecule has 1 fully saturated rings. The van der Waals surface area contributed by atoms with Crippen LogP contribution in [0.25, 0.3) is 0 Å². The van der Waals surface area contributed by atoms with E-state index in [0.717, 1.165) is 13.1 Å². The SMILES string of the molecule is C/C=C\C=C(/C)CCCN1CCNCC1. The maximum Gasteiger partial charge on any atom is 0.0107 e. The maximum atomic E-state index is 3.38. The number of hydrogen-bond acceptors (Lipinski definition) is 2. The summed E-state index contributed by atoms with van der Waals surface area (Å²) < 4.78 is 0. The highest BCUT2D eigenvalue weighted by Gasteiger charge is 2.07. The summed E-state index contributed by atoms with van der Waals surface area (Å²) in [4.78, 5) is 2.56. The second-order valence-corrected chi connectivity index (χ2v) is 4.23. The number of allylic oxidation sites excluding steroid dienone is 4. The molecule has 1 N–H and O–H groups in total. The first-order valence-corrected chi connectivity index (χ1v) is 6.04. The molecule has 0 spiro atoms. The van der Waals surface area contributed by atoms with Gasteiger partial charge in [-0.15, -0.1) is 0 Å². The van der Waals surface area contributed by atoms with Gasteiger partial charge in [0.2, 0.25) is 0 Å². The van der Waals surface area contributed by atoms with Crippen molar-refractivity contribution >= 4 is 0 Å². The second kappa shape index (κ2) is 7.66. The molecular formula is C13H24N2. The summed E-state index contributed by atoms with van der Waals surface area (Å²) in [6.45, 7) is 10.3. The van der Waals surface area contributed by atoms with Crippen molar-refractivity contribution in [1.29, 1.82) is 0 Å². The van der Waals surface area contributed by atoms with E-state index in [2.05, 4.69) is 42.3 Å². The first kappa shape index (κ1) is 12.5. The zero-order chi connectivity index (χ0) is 10.9. The molecule has 0 amide bonds. The topological polar surface area (TPSA) is 15.3 Å². The fourth-order valence-corrected chi connectivity index (χ4v) is 1.86. The smallest absolute Gasteiger partial charge is 0.0107 e. The Morgan fingerprint density at radius 1 is 1.33 bits per heavy atom. The van der Waals surface area contributed by atoms with Gasteiger partial charge in [0.25, 0.3) is 0 Å². The van der Waals surface area contributed by atoms with E-state index in [0.29, 0.717) is 0 Å². The quantitative estimate of drug-likeness (QED) is 0.697. The Labute approximate surface area is 94.0 Å². The number of nitrogens with one attached hydrogen (secondary N) is 1. The van der Waals surface area contributed by atoms with Crippen molar-refractivity contribution in [2.45, 2.75) is 26.7 Å². The van der Waals surface area contributed by atoms with Gasteiger partial charge < -0.3 is 10.2 Å². The van der Waals surface area contributed by atoms with Gasteiger partial charge in [0.1, 0.15) is 0 Å². The van der Waals surface area contributed by atoms with Crippen LogP contribution in [0.3, 0.4) is 0 Å². The van der Waals surface area contributed by atoms with E-state index in [1.165, 1.54) is 38.0 Å². The molecule has 86 valence electrons. The first-order valence-electron chi connectivity index (χ1n) is 6.04. The molecule has 1 saturated heterocycles. The van der Waals surface area contributed by atoms with E-state index >= 15 is 0 Å². The molecule has 0 atom stereocenters. The highest BCUT2D eigenvalue weighted by Crippen LogP contribution is 2.05. The Hall–Kier alpha value is -0.600. The van der Waals surface area contributed by atoms with Gasteiger partial charge >= 0.3 is 0 Å². The molecule has 0 aromatic carbocycles. The average Bonchev–Trinajstić information content (AvgIpc) is 2.28. The van der Waals surface area contributed by atoms with Crippen LogP contribution in [0.5, 0.6) is 0 Å². The molecular weight excluding hydrogens is 184 g/mol. The van der Waals surface area contributed by atoms with Crippen LogP contribution >= 0.6 is 0 Å². The van der Waals surface area contributed by atoms with E-state index in [1.54, 1.807) is 0 Å². The lowest BCUT2D eigenvalue weighted by Gasteiger charge is -2.27. The lowest BCUT2D eigenvalue weighted by atomic mass is 10.1. The average molecular weight is 208 g/mol. The summed E-state index contributed by atoms with van der Waals surface area (Å²) in [6.07, 6.45) is 8.95. The molecule has 15 heavy (non-hydrogen) atoms. The molecule has 0 aromatic rings. The standard InChI is InChI=1S/C13H24N2/c1-3-4-6-13(2)7-5-10-15-11-8-14-9-12-15/h3-4,6,14H,5,7-12H2,1-2H3/b4-3-,13-6+. The van der Waals surface area contributed by atoms with Crippen LogP contribution in [0.2, 0.25) is 0 Å². The Bertz CT molecular complexity index is 213. The third-order valence-corrected chi connectivity index (χ3v) is 2.83. The van der Waals surface area contributed by atoms with Crippen LogP contribution in [-0.2, 0) is 0 Å². The fourth-order valence-electron chi connectivity index (χ4n) is 1.86. The Morgan fingerprint density at radius 2 is 2.07 bits per heavy atom. The van der Waals surface area contributed by atoms with Gasteiger partial charge in [-0.25, -0.2) is 0 Å². The Morgan fingerprint density at radius 3 is 2.73 bits per heavy atom. The predicted molar refractivity (Wildman–Crippen MR) is 67.1 cm³/mol. The monoisotopic (exact) mass is 208 g/mol. The van der Waals surface area contributed by atoms with Gasteiger partial charge in [0.05, 0.1) is 0 Å². The Balaban J connectivity index is 2.09. The molecule has 0 saturated carbocycles. The molecule has 1 aliphatic heterocycles. The second-order valence-electron chi connectivity index (χ2n) is 4.23. The normalized spacial score (nSPS) is 20.0. The van der Waals surface area contributed by atoms with E-state index in [-0.39, 0.29) is 0 Å². The minimum atomic E-state index is 1.16. The number of rotatable bonds is 5. The molecule has 2 nitrogen and oxygen atoms in total. The number of nitrogens with zero attached hydrogens (tertiary/aromatic N) is 1. The predicted octanol–water partition coefficient (Wildman–Crippen LogP) is 2.19. The maximum absolute atomic E-state index is 3.38. The van der Waals surface area contributed by atoms with Crippen molar-refractivity contribution in [2.24, 2.45) is 0 Å². The summed E-state index contributed by atoms with van der Waals surface area (Å²) in [5.41, 5.74) is 1.49. The molecule has 1 heterocycles. The van der Waals surface area contributed by atoms with Gasteiger partial charge in [0.15, 0.2) is 0 Å². The highest BCUT2D eigenvalue weighted by atomic mass is 15.2. The van der Waals surface area contributed by atoms with Crippen LogP contribution in [-0.4, -0.2) is 37.6 Å². The molecule has 1 rings (SSSR count). The molecule has 0 radical (unpaired) electrons. The van der Waals surface area contributed by atoms with Crippen molar-refractivity contribution in [3.05, 3.63) is 23.8 Å². The fraction of sp³-hybridized carbons (Fsp3) is 0.692. The van der Waals surface area contributed by atoms with Crippen molar-refractivity contribution in [3.8, 4) is 0 Å². The minimum Gasteiger partial charge on any atom is -0.314 e. The summed E-state index contributed by atoms with van der Waals surface area (Å²) in [5, 5.41) is 3.38. The van der Waals surface area contributed by atoms with Gasteiger partial charge in [-0.3, -0.25) is 0 Å². The van der Waals surface area contributed by atoms with E-state index in [9.17, 15) is 0 Å². The lowest BCUT2D eigenvalue weighted by molar-refractivity contribution is 0.238. The molecule has 2 heteroatoms. The molecule has 0 unspecified atom stereocenters. The largest absolute Gasteiger partial charge is 0.314 e. The van der Waals surface area contributed by atoms with E-state index in [4.69, 9.17) is 0 Å². The minimum absolute atomic E-state index is 1.16. The Kier molecular flexibility index (Phi) is 6.37. The molecule has 0 aliphatic carbocycles. The van der Waals surface area contributed by atoms with Crippen LogP contribution in [0, 0.1) is 0 Å². The molecule has 1 aliphatic rings. The van der Waals surface area contributed by atoms with Crippen LogP contribution in [0.4, 0.5) is 0 Å². The third kappa shape index (κ3) is 5.75. The van der Waals surface area contributed by atoms with Crippen molar-refractivity contribution in [1.82, 2.24) is 10.2 Å². The van der Waals surface area contributed by atoms with Gasteiger partial charge in [-0.1, -0.05) is 23.8 Å². The molecule has 0 bridgehead atoms. The lowest BCUT2D eigenvalue weighted by Crippen LogP contribution is -2.43. The van der Waals surface area contributed by atoms with Crippen LogP contribution in [0.15, 0.2) is 23.8 Å². The number of piperazine rings is 1. The van der Waals surface area contributed by atoms with Crippen molar-refractivity contribution in [3.63, 3.8) is 0 Å². The summed E-state index contributed by atoms with van der Waals surface area (Å²) in [5.74, 6) is 0. The van der Waals surface area contributed by atoms with Gasteiger partial charge in [-0.05, 0) is 33.2 Å². The zero-order valence-corrected chi connectivity index (χ0v) is 10.1. The van der Waals surface area contributed by atoms with Crippen molar-refractivity contribution in [2.75, 3.05) is 32.7 Å². The molecule has 0 aromatic heterocycles. The summed E-state index contributed by atoms with van der Waals surface area (Å²) in [7, 11) is 0. The van der Waals surface area contributed by atoms with Crippen LogP contribution < -0.4 is 5.32 Å². The summed E-state index contributed by atoms with van der Waals surface area (Å²) in [6, 6.07) is 0. The van der Waals surface area contributed by atoms with E-state index < -0.39 is 0 Å².